The number of nitrogens with zero attached hydrogens (tertiary/aromatic N) is 1. The van der Waals surface area contributed by atoms with Gasteiger partial charge in [0.15, 0.2) is 6.10 Å². The molecule has 0 bridgehead atoms. The molecule has 2 atom stereocenters. The molecule has 404 valence electrons. The normalized spacial score (nSPS) is 13.3. The number of phosphoric acid groups is 1. The van der Waals surface area contributed by atoms with Gasteiger partial charge in [-0.05, 0) is 38.5 Å². The SMILES string of the molecule is CCCCCCCC/C=C\CCCCCCCCCC(=O)OC(COC(=O)CCCCCCCCCCCCCCCCCCCCCCCCCCCCC)COP(=O)(O)OCC[N+](C)(C)C. The molecule has 0 aliphatic heterocycles. The zero-order chi connectivity index (χ0) is 49.9. The van der Waals surface area contributed by atoms with Gasteiger partial charge >= 0.3 is 19.8 Å². The first-order chi connectivity index (χ1) is 33.0. The van der Waals surface area contributed by atoms with Crippen molar-refractivity contribution >= 4 is 19.8 Å². The third kappa shape index (κ3) is 54.1. The Morgan fingerprint density at radius 1 is 0.441 bits per heavy atom. The Labute approximate surface area is 422 Å². The molecule has 0 aliphatic carbocycles. The summed E-state index contributed by atoms with van der Waals surface area (Å²) in [5, 5.41) is 0. The van der Waals surface area contributed by atoms with Crippen molar-refractivity contribution in [1.82, 2.24) is 0 Å². The van der Waals surface area contributed by atoms with Crippen molar-refractivity contribution in [2.45, 2.75) is 302 Å². The van der Waals surface area contributed by atoms with E-state index in [1.165, 1.54) is 218 Å². The molecule has 0 fully saturated rings. The van der Waals surface area contributed by atoms with Crippen LogP contribution in [0.3, 0.4) is 0 Å². The second kappa shape index (κ2) is 50.7. The number of allylic oxidation sites excluding steroid dienone is 2. The summed E-state index contributed by atoms with van der Waals surface area (Å²) in [5.41, 5.74) is 0. The second-order valence-electron chi connectivity index (χ2n) is 21.4. The van der Waals surface area contributed by atoms with Gasteiger partial charge in [0.1, 0.15) is 19.8 Å². The minimum absolute atomic E-state index is 0.0345. The zero-order valence-corrected chi connectivity index (χ0v) is 46.8. The molecule has 0 aromatic heterocycles. The van der Waals surface area contributed by atoms with E-state index < -0.39 is 26.5 Å². The standard InChI is InChI=1S/C58H114NO8P/c1-6-8-10-12-14-16-18-20-22-24-25-26-27-28-29-30-31-32-33-35-36-38-40-42-44-46-48-50-57(60)64-54-56(55-66-68(62,63)65-53-52-59(3,4)5)67-58(61)51-49-47-45-43-41-39-37-34-23-21-19-17-15-13-11-9-7-2/h21,23,56H,6-20,22,24-55H2,1-5H3/p+1/b23-21-. The van der Waals surface area contributed by atoms with E-state index in [1.807, 2.05) is 21.1 Å². The maximum atomic E-state index is 12.8. The first kappa shape index (κ1) is 66.8. The molecule has 0 rings (SSSR count). The number of rotatable bonds is 55. The average molecular weight is 986 g/mol. The highest BCUT2D eigenvalue weighted by Gasteiger charge is 2.27. The van der Waals surface area contributed by atoms with Crippen LogP contribution in [0.5, 0.6) is 0 Å². The number of likely N-dealkylation sites (N-methyl/N-ethyl adjacent to an activating group) is 1. The fraction of sp³-hybridized carbons (Fsp3) is 0.931. The number of esters is 2. The third-order valence-electron chi connectivity index (χ3n) is 13.3. The average Bonchev–Trinajstić information content (AvgIpc) is 3.30. The third-order valence-corrected chi connectivity index (χ3v) is 14.3. The van der Waals surface area contributed by atoms with Gasteiger partial charge in [-0.3, -0.25) is 18.6 Å². The molecule has 0 spiro atoms. The Morgan fingerprint density at radius 3 is 1.09 bits per heavy atom. The van der Waals surface area contributed by atoms with Gasteiger partial charge in [-0.2, -0.15) is 0 Å². The lowest BCUT2D eigenvalue weighted by Gasteiger charge is -2.24. The molecule has 68 heavy (non-hydrogen) atoms. The van der Waals surface area contributed by atoms with Crippen LogP contribution in [-0.4, -0.2) is 74.9 Å². The van der Waals surface area contributed by atoms with E-state index in [-0.39, 0.29) is 25.6 Å². The van der Waals surface area contributed by atoms with Crippen molar-refractivity contribution in [3.05, 3.63) is 12.2 Å². The van der Waals surface area contributed by atoms with Crippen molar-refractivity contribution in [1.29, 1.82) is 0 Å². The smallest absolute Gasteiger partial charge is 0.462 e. The van der Waals surface area contributed by atoms with Gasteiger partial charge < -0.3 is 18.9 Å². The lowest BCUT2D eigenvalue weighted by atomic mass is 10.0. The summed E-state index contributed by atoms with van der Waals surface area (Å²) in [6.45, 7) is 4.48. The van der Waals surface area contributed by atoms with Gasteiger partial charge in [-0.15, -0.1) is 0 Å². The summed E-state index contributed by atoms with van der Waals surface area (Å²) in [7, 11) is 1.49. The first-order valence-corrected chi connectivity index (χ1v) is 30.9. The molecule has 2 unspecified atom stereocenters. The van der Waals surface area contributed by atoms with Gasteiger partial charge in [0, 0.05) is 12.8 Å². The number of ether oxygens (including phenoxy) is 2. The quantitative estimate of drug-likeness (QED) is 0.0211. The lowest BCUT2D eigenvalue weighted by Crippen LogP contribution is -2.37. The van der Waals surface area contributed by atoms with Crippen LogP contribution in [0.2, 0.25) is 0 Å². The van der Waals surface area contributed by atoms with Crippen molar-refractivity contribution in [3.8, 4) is 0 Å². The second-order valence-corrected chi connectivity index (χ2v) is 22.8. The molecule has 0 saturated heterocycles. The summed E-state index contributed by atoms with van der Waals surface area (Å²) < 4.78 is 34.6. The van der Waals surface area contributed by atoms with Crippen LogP contribution in [0.4, 0.5) is 0 Å². The number of hydrogen-bond acceptors (Lipinski definition) is 7. The van der Waals surface area contributed by atoms with Gasteiger partial charge in [0.05, 0.1) is 27.7 Å². The highest BCUT2D eigenvalue weighted by atomic mass is 31.2. The summed E-state index contributed by atoms with van der Waals surface area (Å²) in [6.07, 6.45) is 58.6. The van der Waals surface area contributed by atoms with Gasteiger partial charge in [0.2, 0.25) is 0 Å². The Hall–Kier alpha value is -1.25. The molecule has 0 saturated carbocycles. The first-order valence-electron chi connectivity index (χ1n) is 29.4. The molecular formula is C58H115NO8P+. The molecule has 9 nitrogen and oxygen atoms in total. The monoisotopic (exact) mass is 985 g/mol. The largest absolute Gasteiger partial charge is 0.472 e. The molecule has 0 aromatic carbocycles. The summed E-state index contributed by atoms with van der Waals surface area (Å²) in [6, 6.07) is 0. The topological polar surface area (TPSA) is 108 Å². The van der Waals surface area contributed by atoms with E-state index in [9.17, 15) is 19.0 Å². The number of carbonyl (C=O) groups is 2. The van der Waals surface area contributed by atoms with Crippen LogP contribution in [0, 0.1) is 0 Å². The fourth-order valence-electron chi connectivity index (χ4n) is 8.72. The predicted molar refractivity (Wildman–Crippen MR) is 289 cm³/mol. The molecule has 0 aromatic rings. The van der Waals surface area contributed by atoms with Crippen LogP contribution in [0.15, 0.2) is 12.2 Å². The molecule has 1 N–H and O–H groups in total. The minimum atomic E-state index is -4.38. The van der Waals surface area contributed by atoms with Gasteiger partial charge in [-0.25, -0.2) is 4.57 Å². The number of carbonyl (C=O) groups excluding carboxylic acids is 2. The fourth-order valence-corrected chi connectivity index (χ4v) is 9.46. The van der Waals surface area contributed by atoms with E-state index in [4.69, 9.17) is 18.5 Å². The maximum Gasteiger partial charge on any atom is 0.472 e. The summed E-state index contributed by atoms with van der Waals surface area (Å²) >= 11 is 0. The zero-order valence-electron chi connectivity index (χ0n) is 45.9. The predicted octanol–water partition coefficient (Wildman–Crippen LogP) is 18.0. The molecule has 0 aliphatic rings. The minimum Gasteiger partial charge on any atom is -0.462 e. The van der Waals surface area contributed by atoms with Crippen molar-refractivity contribution < 1.29 is 42.1 Å². The molecule has 0 radical (unpaired) electrons. The Kier molecular flexibility index (Phi) is 49.8. The number of hydrogen-bond donors (Lipinski definition) is 1. The van der Waals surface area contributed by atoms with Crippen molar-refractivity contribution in [2.24, 2.45) is 0 Å². The van der Waals surface area contributed by atoms with Gasteiger partial charge in [0.25, 0.3) is 0 Å². The molecule has 0 heterocycles. The van der Waals surface area contributed by atoms with Crippen LogP contribution >= 0.6 is 7.82 Å². The number of quaternary nitrogens is 1. The lowest BCUT2D eigenvalue weighted by molar-refractivity contribution is -0.870. The van der Waals surface area contributed by atoms with E-state index in [2.05, 4.69) is 26.0 Å². The van der Waals surface area contributed by atoms with E-state index in [0.29, 0.717) is 23.9 Å². The van der Waals surface area contributed by atoms with Crippen molar-refractivity contribution in [2.75, 3.05) is 47.5 Å². The number of unbranched alkanes of at least 4 members (excludes halogenated alkanes) is 39. The summed E-state index contributed by atoms with van der Waals surface area (Å²) in [4.78, 5) is 35.6. The van der Waals surface area contributed by atoms with E-state index in [1.54, 1.807) is 0 Å². The van der Waals surface area contributed by atoms with E-state index in [0.717, 1.165) is 44.9 Å². The molecule has 10 heteroatoms. The maximum absolute atomic E-state index is 12.8. The molecular weight excluding hydrogens is 870 g/mol. The van der Waals surface area contributed by atoms with Crippen LogP contribution < -0.4 is 0 Å². The highest BCUT2D eigenvalue weighted by molar-refractivity contribution is 7.47. The highest BCUT2D eigenvalue weighted by Crippen LogP contribution is 2.43. The Bertz CT molecular complexity index is 1160. The van der Waals surface area contributed by atoms with Gasteiger partial charge in [-0.1, -0.05) is 257 Å². The molecule has 0 amide bonds. The van der Waals surface area contributed by atoms with Crippen LogP contribution in [-0.2, 0) is 32.7 Å². The van der Waals surface area contributed by atoms with Crippen molar-refractivity contribution in [3.63, 3.8) is 0 Å². The van der Waals surface area contributed by atoms with Crippen LogP contribution in [0.25, 0.3) is 0 Å². The Morgan fingerprint density at radius 2 is 0.750 bits per heavy atom. The van der Waals surface area contributed by atoms with Crippen LogP contribution in [0.1, 0.15) is 296 Å². The Balaban J connectivity index is 4.06. The van der Waals surface area contributed by atoms with E-state index >= 15 is 0 Å². The summed E-state index contributed by atoms with van der Waals surface area (Å²) in [5.74, 6) is -0.784. The number of phosphoric ester groups is 1.